The van der Waals surface area contributed by atoms with E-state index in [9.17, 15) is 8.42 Å². The summed E-state index contributed by atoms with van der Waals surface area (Å²) in [4.78, 5) is 0. The molecule has 19 heavy (non-hydrogen) atoms. The summed E-state index contributed by atoms with van der Waals surface area (Å²) in [5.41, 5.74) is 0.526. The summed E-state index contributed by atoms with van der Waals surface area (Å²) >= 11 is 5.62. The lowest BCUT2D eigenvalue weighted by Crippen LogP contribution is -2.22. The fraction of sp³-hybridized carbons (Fsp3) is 0.538. The molecule has 1 atom stereocenters. The monoisotopic (exact) mass is 305 g/mol. The first-order valence-corrected chi connectivity index (χ1v) is 8.34. The minimum absolute atomic E-state index is 0.0146. The zero-order valence-corrected chi connectivity index (χ0v) is 13.0. The van der Waals surface area contributed by atoms with Gasteiger partial charge in [0.15, 0.2) is 0 Å². The quantitative estimate of drug-likeness (QED) is 0.788. The van der Waals surface area contributed by atoms with Gasteiger partial charge in [-0.15, -0.1) is 11.6 Å². The van der Waals surface area contributed by atoms with Gasteiger partial charge in [0, 0.05) is 11.6 Å². The first kappa shape index (κ1) is 16.1. The summed E-state index contributed by atoms with van der Waals surface area (Å²) in [6.45, 7) is 5.67. The van der Waals surface area contributed by atoms with Crippen LogP contribution in [0.5, 0.6) is 5.75 Å². The molecule has 1 aromatic carbocycles. The van der Waals surface area contributed by atoms with Crippen LogP contribution in [-0.2, 0) is 10.0 Å². The Morgan fingerprint density at radius 2 is 1.79 bits per heavy atom. The van der Waals surface area contributed by atoms with Crippen LogP contribution in [0.15, 0.2) is 24.3 Å². The number of rotatable bonds is 7. The topological polar surface area (TPSA) is 55.4 Å². The molecule has 4 nitrogen and oxygen atoms in total. The molecule has 0 saturated heterocycles. The number of benzene rings is 1. The number of ether oxygens (including phenoxy) is 1. The SMILES string of the molecule is CC(CCl)CS(=O)(=O)Nc1ccc(OC(C)C)cc1. The van der Waals surface area contributed by atoms with Crippen LogP contribution < -0.4 is 9.46 Å². The average molecular weight is 306 g/mol. The van der Waals surface area contributed by atoms with E-state index in [1.54, 1.807) is 31.2 Å². The van der Waals surface area contributed by atoms with E-state index in [2.05, 4.69) is 4.72 Å². The first-order chi connectivity index (χ1) is 8.82. The third kappa shape index (κ3) is 6.16. The summed E-state index contributed by atoms with van der Waals surface area (Å²) in [6, 6.07) is 6.84. The molecule has 1 rings (SSSR count). The Bertz CT molecular complexity index is 485. The molecule has 6 heteroatoms. The second kappa shape index (κ2) is 7.01. The standard InChI is InChI=1S/C13H20ClNO3S/c1-10(2)18-13-6-4-12(5-7-13)15-19(16,17)9-11(3)8-14/h4-7,10-11,15H,8-9H2,1-3H3. The number of anilines is 1. The van der Waals surface area contributed by atoms with Gasteiger partial charge < -0.3 is 4.74 Å². The normalized spacial score (nSPS) is 13.3. The molecule has 0 saturated carbocycles. The van der Waals surface area contributed by atoms with Gasteiger partial charge in [0.2, 0.25) is 10.0 Å². The molecule has 1 N–H and O–H groups in total. The molecular weight excluding hydrogens is 286 g/mol. The van der Waals surface area contributed by atoms with E-state index in [-0.39, 0.29) is 17.8 Å². The van der Waals surface area contributed by atoms with Crippen molar-refractivity contribution in [1.82, 2.24) is 0 Å². The minimum atomic E-state index is -3.36. The van der Waals surface area contributed by atoms with Gasteiger partial charge in [-0.05, 0) is 44.0 Å². The van der Waals surface area contributed by atoms with Crippen molar-refractivity contribution in [3.63, 3.8) is 0 Å². The lowest BCUT2D eigenvalue weighted by atomic mass is 10.3. The third-order valence-electron chi connectivity index (χ3n) is 2.27. The Balaban J connectivity index is 2.67. The molecule has 0 heterocycles. The van der Waals surface area contributed by atoms with Gasteiger partial charge >= 0.3 is 0 Å². The first-order valence-electron chi connectivity index (χ1n) is 6.15. The number of nitrogens with one attached hydrogen (secondary N) is 1. The number of hydrogen-bond donors (Lipinski definition) is 1. The van der Waals surface area contributed by atoms with Crippen LogP contribution in [-0.4, -0.2) is 26.2 Å². The zero-order valence-electron chi connectivity index (χ0n) is 11.4. The molecule has 0 aliphatic rings. The lowest BCUT2D eigenvalue weighted by Gasteiger charge is -2.13. The largest absolute Gasteiger partial charge is 0.491 e. The third-order valence-corrected chi connectivity index (χ3v) is 4.35. The van der Waals surface area contributed by atoms with E-state index in [4.69, 9.17) is 16.3 Å². The minimum Gasteiger partial charge on any atom is -0.491 e. The van der Waals surface area contributed by atoms with Crippen LogP contribution in [0.3, 0.4) is 0 Å². The molecule has 0 aromatic heterocycles. The predicted octanol–water partition coefficient (Wildman–Crippen LogP) is 3.09. The molecule has 0 amide bonds. The van der Waals surface area contributed by atoms with Crippen molar-refractivity contribution in [2.45, 2.75) is 26.9 Å². The van der Waals surface area contributed by atoms with Gasteiger partial charge in [0.05, 0.1) is 11.9 Å². The van der Waals surface area contributed by atoms with Crippen LogP contribution in [0.25, 0.3) is 0 Å². The summed E-state index contributed by atoms with van der Waals surface area (Å²) in [5.74, 6) is 0.970. The predicted molar refractivity (Wildman–Crippen MR) is 79.5 cm³/mol. The van der Waals surface area contributed by atoms with E-state index < -0.39 is 10.0 Å². The van der Waals surface area contributed by atoms with E-state index in [0.29, 0.717) is 17.3 Å². The van der Waals surface area contributed by atoms with Gasteiger partial charge in [-0.3, -0.25) is 4.72 Å². The average Bonchev–Trinajstić information content (AvgIpc) is 2.30. The maximum absolute atomic E-state index is 11.8. The van der Waals surface area contributed by atoms with Gasteiger partial charge in [0.1, 0.15) is 5.75 Å². The molecular formula is C13H20ClNO3S. The fourth-order valence-corrected chi connectivity index (χ4v) is 3.20. The van der Waals surface area contributed by atoms with Gasteiger partial charge in [-0.2, -0.15) is 0 Å². The molecule has 0 fully saturated rings. The Kier molecular flexibility index (Phi) is 5.94. The van der Waals surface area contributed by atoms with Crippen molar-refractivity contribution < 1.29 is 13.2 Å². The van der Waals surface area contributed by atoms with Crippen LogP contribution in [0.4, 0.5) is 5.69 Å². The van der Waals surface area contributed by atoms with Crippen molar-refractivity contribution in [1.29, 1.82) is 0 Å². The Morgan fingerprint density at radius 3 is 2.26 bits per heavy atom. The molecule has 0 spiro atoms. The molecule has 0 aliphatic carbocycles. The maximum atomic E-state index is 11.8. The Labute approximate surface area is 120 Å². The lowest BCUT2D eigenvalue weighted by molar-refractivity contribution is 0.242. The molecule has 1 aromatic rings. The van der Waals surface area contributed by atoms with Crippen molar-refractivity contribution in [2.75, 3.05) is 16.4 Å². The van der Waals surface area contributed by atoms with Crippen LogP contribution in [0.1, 0.15) is 20.8 Å². The number of alkyl halides is 1. The number of halogens is 1. The highest BCUT2D eigenvalue weighted by Gasteiger charge is 2.15. The van der Waals surface area contributed by atoms with Crippen molar-refractivity contribution in [3.05, 3.63) is 24.3 Å². The second-order valence-electron chi connectivity index (χ2n) is 4.83. The van der Waals surface area contributed by atoms with Crippen LogP contribution >= 0.6 is 11.6 Å². The highest BCUT2D eigenvalue weighted by atomic mass is 35.5. The van der Waals surface area contributed by atoms with E-state index >= 15 is 0 Å². The van der Waals surface area contributed by atoms with E-state index in [1.807, 2.05) is 13.8 Å². The molecule has 1 unspecified atom stereocenters. The van der Waals surface area contributed by atoms with E-state index in [1.165, 1.54) is 0 Å². The molecule has 0 bridgehead atoms. The van der Waals surface area contributed by atoms with Crippen LogP contribution in [0.2, 0.25) is 0 Å². The van der Waals surface area contributed by atoms with Crippen molar-refractivity contribution in [3.8, 4) is 5.75 Å². The Hall–Kier alpha value is -0.940. The van der Waals surface area contributed by atoms with Gasteiger partial charge in [0.25, 0.3) is 0 Å². The molecule has 0 radical (unpaired) electrons. The van der Waals surface area contributed by atoms with Crippen molar-refractivity contribution in [2.24, 2.45) is 5.92 Å². The highest BCUT2D eigenvalue weighted by molar-refractivity contribution is 7.92. The summed E-state index contributed by atoms with van der Waals surface area (Å²) in [7, 11) is -3.36. The van der Waals surface area contributed by atoms with Gasteiger partial charge in [-0.1, -0.05) is 6.92 Å². The maximum Gasteiger partial charge on any atom is 0.233 e. The Morgan fingerprint density at radius 1 is 1.21 bits per heavy atom. The van der Waals surface area contributed by atoms with Gasteiger partial charge in [-0.25, -0.2) is 8.42 Å². The van der Waals surface area contributed by atoms with E-state index in [0.717, 1.165) is 0 Å². The molecule has 0 aliphatic heterocycles. The number of hydrogen-bond acceptors (Lipinski definition) is 3. The number of sulfonamides is 1. The summed E-state index contributed by atoms with van der Waals surface area (Å²) in [6.07, 6.45) is 0.0899. The fourth-order valence-electron chi connectivity index (χ4n) is 1.51. The van der Waals surface area contributed by atoms with Crippen molar-refractivity contribution >= 4 is 27.3 Å². The summed E-state index contributed by atoms with van der Waals surface area (Å²) in [5, 5.41) is 0. The summed E-state index contributed by atoms with van der Waals surface area (Å²) < 4.78 is 31.7. The second-order valence-corrected chi connectivity index (χ2v) is 6.91. The smallest absolute Gasteiger partial charge is 0.233 e. The van der Waals surface area contributed by atoms with Crippen LogP contribution in [0, 0.1) is 5.92 Å². The highest BCUT2D eigenvalue weighted by Crippen LogP contribution is 2.18. The molecule has 108 valence electrons. The zero-order chi connectivity index (χ0) is 14.5.